The first-order valence-corrected chi connectivity index (χ1v) is 8.72. The molecule has 1 aromatic carbocycles. The van der Waals surface area contributed by atoms with Crippen LogP contribution in [0.25, 0.3) is 0 Å². The van der Waals surface area contributed by atoms with Gasteiger partial charge in [0.05, 0.1) is 19.6 Å². The van der Waals surface area contributed by atoms with Gasteiger partial charge in [-0.05, 0) is 42.9 Å². The Hall–Kier alpha value is -2.04. The Morgan fingerprint density at radius 2 is 1.75 bits per heavy atom. The molecule has 1 aliphatic heterocycles. The van der Waals surface area contributed by atoms with Crippen molar-refractivity contribution in [2.24, 2.45) is 5.92 Å². The predicted octanol–water partition coefficient (Wildman–Crippen LogP) is 2.56. The molecule has 5 nitrogen and oxygen atoms in total. The average Bonchev–Trinajstić information content (AvgIpc) is 2.61. The van der Waals surface area contributed by atoms with E-state index in [-0.39, 0.29) is 30.2 Å². The van der Waals surface area contributed by atoms with Crippen molar-refractivity contribution in [3.05, 3.63) is 29.8 Å². The molecule has 1 saturated heterocycles. The zero-order chi connectivity index (χ0) is 17.5. The average molecular weight is 332 g/mol. The maximum absolute atomic E-state index is 12.6. The molecule has 0 aromatic heterocycles. The van der Waals surface area contributed by atoms with Gasteiger partial charge in [0.25, 0.3) is 0 Å². The second-order valence-corrected chi connectivity index (χ2v) is 6.65. The molecule has 0 spiro atoms. The molecule has 1 fully saturated rings. The summed E-state index contributed by atoms with van der Waals surface area (Å²) in [6.07, 6.45) is 3.29. The Morgan fingerprint density at radius 3 is 2.29 bits per heavy atom. The number of hydrogen-bond acceptors (Lipinski definition) is 3. The lowest BCUT2D eigenvalue weighted by Crippen LogP contribution is -2.44. The van der Waals surface area contributed by atoms with E-state index in [2.05, 4.69) is 5.32 Å². The van der Waals surface area contributed by atoms with Crippen LogP contribution in [-0.4, -0.2) is 43.5 Å². The third-order valence-electron chi connectivity index (χ3n) is 4.55. The molecule has 1 heterocycles. The molecule has 1 aliphatic rings. The minimum atomic E-state index is -0.273. The molecule has 0 bridgehead atoms. The van der Waals surface area contributed by atoms with Crippen LogP contribution in [0, 0.1) is 5.92 Å². The lowest BCUT2D eigenvalue weighted by molar-refractivity contribution is -0.134. The number of amides is 2. The summed E-state index contributed by atoms with van der Waals surface area (Å²) in [5.74, 6) is 0.552. The van der Waals surface area contributed by atoms with E-state index in [9.17, 15) is 9.59 Å². The molecule has 1 aromatic rings. The van der Waals surface area contributed by atoms with Crippen LogP contribution in [0.15, 0.2) is 24.3 Å². The van der Waals surface area contributed by atoms with E-state index in [4.69, 9.17) is 4.74 Å². The van der Waals surface area contributed by atoms with Crippen LogP contribution >= 0.6 is 0 Å². The number of likely N-dealkylation sites (tertiary alicyclic amines) is 1. The molecular formula is C19H28N2O3. The van der Waals surface area contributed by atoms with Gasteiger partial charge in [-0.2, -0.15) is 0 Å². The largest absolute Gasteiger partial charge is 0.497 e. The molecule has 2 rings (SSSR count). The van der Waals surface area contributed by atoms with Gasteiger partial charge < -0.3 is 15.0 Å². The van der Waals surface area contributed by atoms with E-state index in [1.54, 1.807) is 7.11 Å². The summed E-state index contributed by atoms with van der Waals surface area (Å²) in [6, 6.07) is 7.54. The van der Waals surface area contributed by atoms with Crippen molar-refractivity contribution in [2.75, 3.05) is 26.7 Å². The van der Waals surface area contributed by atoms with Crippen molar-refractivity contribution in [2.45, 2.75) is 39.0 Å². The highest BCUT2D eigenvalue weighted by molar-refractivity contribution is 5.88. The first kappa shape index (κ1) is 18.3. The van der Waals surface area contributed by atoms with Gasteiger partial charge in [0, 0.05) is 13.1 Å². The summed E-state index contributed by atoms with van der Waals surface area (Å²) in [5, 5.41) is 2.83. The number of piperidine rings is 1. The molecule has 0 radical (unpaired) electrons. The standard InChI is InChI=1S/C19H28N2O3/c1-14(2)18(15-7-9-16(24-3)10-8-15)19(23)20-13-17(22)21-11-5-4-6-12-21/h7-10,14,18H,4-6,11-13H2,1-3H3,(H,20,23). The summed E-state index contributed by atoms with van der Waals surface area (Å²) < 4.78 is 5.17. The number of carbonyl (C=O) groups is 2. The van der Waals surface area contributed by atoms with E-state index >= 15 is 0 Å². The van der Waals surface area contributed by atoms with E-state index < -0.39 is 0 Å². The number of nitrogens with zero attached hydrogens (tertiary/aromatic N) is 1. The molecular weight excluding hydrogens is 304 g/mol. The smallest absolute Gasteiger partial charge is 0.241 e. The van der Waals surface area contributed by atoms with Crippen LogP contribution < -0.4 is 10.1 Å². The Balaban J connectivity index is 1.96. The van der Waals surface area contributed by atoms with Crippen molar-refractivity contribution >= 4 is 11.8 Å². The van der Waals surface area contributed by atoms with Gasteiger partial charge in [0.2, 0.25) is 11.8 Å². The van der Waals surface area contributed by atoms with E-state index in [1.165, 1.54) is 6.42 Å². The van der Waals surface area contributed by atoms with Gasteiger partial charge in [0.15, 0.2) is 0 Å². The summed E-state index contributed by atoms with van der Waals surface area (Å²) in [7, 11) is 1.62. The molecule has 0 aliphatic carbocycles. The first-order valence-electron chi connectivity index (χ1n) is 8.72. The van der Waals surface area contributed by atoms with Crippen molar-refractivity contribution in [1.29, 1.82) is 0 Å². The topological polar surface area (TPSA) is 58.6 Å². The lowest BCUT2D eigenvalue weighted by Gasteiger charge is -2.27. The quantitative estimate of drug-likeness (QED) is 0.871. The zero-order valence-electron chi connectivity index (χ0n) is 14.9. The van der Waals surface area contributed by atoms with Crippen molar-refractivity contribution in [3.63, 3.8) is 0 Å². The number of benzene rings is 1. The summed E-state index contributed by atoms with van der Waals surface area (Å²) >= 11 is 0. The maximum Gasteiger partial charge on any atom is 0.241 e. The van der Waals surface area contributed by atoms with Gasteiger partial charge in [-0.1, -0.05) is 26.0 Å². The van der Waals surface area contributed by atoms with Crippen LogP contribution in [0.2, 0.25) is 0 Å². The number of ether oxygens (including phenoxy) is 1. The molecule has 132 valence electrons. The van der Waals surface area contributed by atoms with Gasteiger partial charge in [-0.15, -0.1) is 0 Å². The van der Waals surface area contributed by atoms with Gasteiger partial charge in [0.1, 0.15) is 5.75 Å². The summed E-state index contributed by atoms with van der Waals surface area (Å²) in [4.78, 5) is 26.7. The van der Waals surface area contributed by atoms with E-state index in [1.807, 2.05) is 43.0 Å². The Morgan fingerprint density at radius 1 is 1.12 bits per heavy atom. The van der Waals surface area contributed by atoms with Crippen LogP contribution in [0.4, 0.5) is 0 Å². The number of hydrogen-bond donors (Lipinski definition) is 1. The second-order valence-electron chi connectivity index (χ2n) is 6.65. The number of nitrogens with one attached hydrogen (secondary N) is 1. The molecule has 1 N–H and O–H groups in total. The molecule has 1 atom stereocenters. The minimum Gasteiger partial charge on any atom is -0.497 e. The monoisotopic (exact) mass is 332 g/mol. The normalized spacial score (nSPS) is 15.9. The SMILES string of the molecule is COc1ccc(C(C(=O)NCC(=O)N2CCCCC2)C(C)C)cc1. The highest BCUT2D eigenvalue weighted by Gasteiger charge is 2.25. The van der Waals surface area contributed by atoms with Crippen LogP contribution in [-0.2, 0) is 9.59 Å². The van der Waals surface area contributed by atoms with Crippen molar-refractivity contribution in [1.82, 2.24) is 10.2 Å². The lowest BCUT2D eigenvalue weighted by atomic mass is 9.87. The Kier molecular flexibility index (Phi) is 6.64. The third-order valence-corrected chi connectivity index (χ3v) is 4.55. The van der Waals surface area contributed by atoms with Crippen molar-refractivity contribution in [3.8, 4) is 5.75 Å². The highest BCUT2D eigenvalue weighted by Crippen LogP contribution is 2.26. The summed E-state index contributed by atoms with van der Waals surface area (Å²) in [6.45, 7) is 5.72. The number of rotatable bonds is 6. The molecule has 24 heavy (non-hydrogen) atoms. The van der Waals surface area contributed by atoms with Crippen molar-refractivity contribution < 1.29 is 14.3 Å². The van der Waals surface area contributed by atoms with Gasteiger partial charge in [-0.25, -0.2) is 0 Å². The van der Waals surface area contributed by atoms with E-state index in [0.29, 0.717) is 0 Å². The molecule has 2 amide bonds. The third kappa shape index (κ3) is 4.73. The fourth-order valence-corrected chi connectivity index (χ4v) is 3.18. The highest BCUT2D eigenvalue weighted by atomic mass is 16.5. The van der Waals surface area contributed by atoms with Crippen LogP contribution in [0.1, 0.15) is 44.6 Å². The van der Waals surface area contributed by atoms with Gasteiger partial charge in [-0.3, -0.25) is 9.59 Å². The fourth-order valence-electron chi connectivity index (χ4n) is 3.18. The molecule has 1 unspecified atom stereocenters. The first-order chi connectivity index (χ1) is 11.5. The Bertz CT molecular complexity index is 548. The second kappa shape index (κ2) is 8.71. The Labute approximate surface area is 144 Å². The summed E-state index contributed by atoms with van der Waals surface area (Å²) in [5.41, 5.74) is 0.939. The molecule has 5 heteroatoms. The zero-order valence-corrected chi connectivity index (χ0v) is 14.9. The van der Waals surface area contributed by atoms with Crippen LogP contribution in [0.3, 0.4) is 0 Å². The van der Waals surface area contributed by atoms with Crippen LogP contribution in [0.5, 0.6) is 5.75 Å². The van der Waals surface area contributed by atoms with Gasteiger partial charge >= 0.3 is 0 Å². The minimum absolute atomic E-state index is 0.0142. The maximum atomic E-state index is 12.6. The number of carbonyl (C=O) groups excluding carboxylic acids is 2. The van der Waals surface area contributed by atoms with E-state index in [0.717, 1.165) is 37.2 Å². The fraction of sp³-hybridized carbons (Fsp3) is 0.579. The molecule has 0 saturated carbocycles. The number of methoxy groups -OCH3 is 1. The predicted molar refractivity (Wildman–Crippen MR) is 94.0 cm³/mol.